The lowest BCUT2D eigenvalue weighted by Gasteiger charge is -2.08. The molecule has 7 heteroatoms. The first-order valence-electron chi connectivity index (χ1n) is 5.96. The maximum absolute atomic E-state index is 12.2. The number of aromatic nitrogens is 2. The van der Waals surface area contributed by atoms with E-state index in [0.29, 0.717) is 5.39 Å². The van der Waals surface area contributed by atoms with Gasteiger partial charge in [0.1, 0.15) is 5.51 Å². The van der Waals surface area contributed by atoms with E-state index in [-0.39, 0.29) is 16.3 Å². The Labute approximate surface area is 123 Å². The molecule has 3 aromatic rings. The lowest BCUT2D eigenvalue weighted by atomic mass is 9.98. The second-order valence-corrected chi connectivity index (χ2v) is 4.96. The minimum atomic E-state index is -0.689. The number of primary amides is 1. The zero-order valence-electron chi connectivity index (χ0n) is 10.6. The molecule has 0 spiro atoms. The van der Waals surface area contributed by atoms with Crippen LogP contribution in [-0.4, -0.2) is 22.1 Å². The van der Waals surface area contributed by atoms with Crippen LogP contribution < -0.4 is 10.5 Å². The van der Waals surface area contributed by atoms with Crippen molar-refractivity contribution < 1.29 is 14.3 Å². The Bertz CT molecular complexity index is 831. The predicted octanol–water partition coefficient (Wildman–Crippen LogP) is 2.01. The number of fused-ring (bicyclic) bond motifs is 1. The van der Waals surface area contributed by atoms with Gasteiger partial charge in [-0.25, -0.2) is 4.79 Å². The third-order valence-electron chi connectivity index (χ3n) is 2.92. The standard InChI is InChI=1S/C14H9N3O3S/c15-12(18)11-9-4-2-1-3-8(9)5-6-10(11)13(19)20-14-17-16-7-21-14/h1-7H,(H2,15,18). The van der Waals surface area contributed by atoms with Crippen molar-refractivity contribution in [3.8, 4) is 5.19 Å². The van der Waals surface area contributed by atoms with Gasteiger partial charge in [0, 0.05) is 0 Å². The smallest absolute Gasteiger partial charge is 0.346 e. The first-order valence-corrected chi connectivity index (χ1v) is 6.84. The van der Waals surface area contributed by atoms with Crippen molar-refractivity contribution in [3.63, 3.8) is 0 Å². The van der Waals surface area contributed by atoms with E-state index in [4.69, 9.17) is 10.5 Å². The lowest BCUT2D eigenvalue weighted by molar-refractivity contribution is 0.0728. The van der Waals surface area contributed by atoms with Crippen molar-refractivity contribution in [2.45, 2.75) is 0 Å². The molecular formula is C14H9N3O3S. The molecule has 0 fully saturated rings. The number of esters is 1. The van der Waals surface area contributed by atoms with Crippen molar-refractivity contribution in [1.29, 1.82) is 0 Å². The van der Waals surface area contributed by atoms with Crippen molar-refractivity contribution in [3.05, 3.63) is 53.0 Å². The van der Waals surface area contributed by atoms with E-state index in [9.17, 15) is 9.59 Å². The number of nitrogens with zero attached hydrogens (tertiary/aromatic N) is 2. The van der Waals surface area contributed by atoms with E-state index in [2.05, 4.69) is 10.2 Å². The monoisotopic (exact) mass is 299 g/mol. The van der Waals surface area contributed by atoms with Gasteiger partial charge in [0.2, 0.25) is 5.91 Å². The van der Waals surface area contributed by atoms with Crippen LogP contribution in [0, 0.1) is 0 Å². The minimum absolute atomic E-state index is 0.108. The fourth-order valence-corrected chi connectivity index (χ4v) is 2.45. The number of carbonyl (C=O) groups is 2. The molecule has 0 radical (unpaired) electrons. The Morgan fingerprint density at radius 1 is 1.14 bits per heavy atom. The maximum atomic E-state index is 12.2. The molecule has 0 saturated carbocycles. The average Bonchev–Trinajstić information content (AvgIpc) is 2.98. The number of nitrogens with two attached hydrogens (primary N) is 1. The van der Waals surface area contributed by atoms with Gasteiger partial charge in [-0.3, -0.25) is 4.79 Å². The molecule has 21 heavy (non-hydrogen) atoms. The molecule has 3 rings (SSSR count). The summed E-state index contributed by atoms with van der Waals surface area (Å²) in [6, 6.07) is 10.4. The Kier molecular flexibility index (Phi) is 3.33. The van der Waals surface area contributed by atoms with Gasteiger partial charge in [-0.2, -0.15) is 0 Å². The number of carbonyl (C=O) groups excluding carboxylic acids is 2. The Hall–Kier alpha value is -2.80. The molecule has 0 aliphatic heterocycles. The zero-order chi connectivity index (χ0) is 14.8. The quantitative estimate of drug-likeness (QED) is 0.746. The molecule has 2 aromatic carbocycles. The second kappa shape index (κ2) is 5.29. The van der Waals surface area contributed by atoms with E-state index in [1.807, 2.05) is 12.1 Å². The van der Waals surface area contributed by atoms with Crippen LogP contribution in [0.3, 0.4) is 0 Å². The molecule has 2 N–H and O–H groups in total. The van der Waals surface area contributed by atoms with E-state index >= 15 is 0 Å². The zero-order valence-corrected chi connectivity index (χ0v) is 11.5. The van der Waals surface area contributed by atoms with Crippen LogP contribution in [0.4, 0.5) is 0 Å². The van der Waals surface area contributed by atoms with Crippen LogP contribution >= 0.6 is 11.3 Å². The van der Waals surface area contributed by atoms with Gasteiger partial charge in [0.05, 0.1) is 11.1 Å². The number of amides is 1. The molecule has 0 aliphatic carbocycles. The van der Waals surface area contributed by atoms with Crippen LogP contribution in [0.2, 0.25) is 0 Å². The summed E-state index contributed by atoms with van der Waals surface area (Å²) in [6.07, 6.45) is 0. The third-order valence-corrected chi connectivity index (χ3v) is 3.48. The SMILES string of the molecule is NC(=O)c1c(C(=O)Oc2nncs2)ccc2ccccc12. The number of ether oxygens (including phenoxy) is 1. The highest BCUT2D eigenvalue weighted by Crippen LogP contribution is 2.24. The highest BCUT2D eigenvalue weighted by Gasteiger charge is 2.20. The molecule has 0 aliphatic rings. The van der Waals surface area contributed by atoms with Gasteiger partial charge in [-0.1, -0.05) is 46.8 Å². The second-order valence-electron chi connectivity index (χ2n) is 4.17. The number of rotatable bonds is 3. The molecule has 0 unspecified atom stereocenters. The molecule has 104 valence electrons. The van der Waals surface area contributed by atoms with Crippen LogP contribution in [0.1, 0.15) is 20.7 Å². The summed E-state index contributed by atoms with van der Waals surface area (Å²) in [4.78, 5) is 23.9. The summed E-state index contributed by atoms with van der Waals surface area (Å²) >= 11 is 1.08. The van der Waals surface area contributed by atoms with E-state index < -0.39 is 11.9 Å². The van der Waals surface area contributed by atoms with E-state index in [1.54, 1.807) is 18.2 Å². The summed E-state index contributed by atoms with van der Waals surface area (Å²) in [5, 5.41) is 8.74. The molecule has 0 saturated heterocycles. The molecule has 1 heterocycles. The topological polar surface area (TPSA) is 95.2 Å². The van der Waals surface area contributed by atoms with Crippen LogP contribution in [0.5, 0.6) is 5.19 Å². The summed E-state index contributed by atoms with van der Waals surface area (Å²) in [5.74, 6) is -1.37. The van der Waals surface area contributed by atoms with Gasteiger partial charge in [-0.05, 0) is 16.8 Å². The van der Waals surface area contributed by atoms with Crippen molar-refractivity contribution in [1.82, 2.24) is 10.2 Å². The van der Waals surface area contributed by atoms with Gasteiger partial charge in [0.25, 0.3) is 0 Å². The van der Waals surface area contributed by atoms with Gasteiger partial charge in [-0.15, -0.1) is 5.10 Å². The molecular weight excluding hydrogens is 290 g/mol. The van der Waals surface area contributed by atoms with Crippen LogP contribution in [-0.2, 0) is 0 Å². The van der Waals surface area contributed by atoms with E-state index in [0.717, 1.165) is 16.7 Å². The normalized spacial score (nSPS) is 10.5. The van der Waals surface area contributed by atoms with Crippen LogP contribution in [0.25, 0.3) is 10.8 Å². The third kappa shape index (κ3) is 2.46. The fourth-order valence-electron chi connectivity index (χ4n) is 2.05. The van der Waals surface area contributed by atoms with Crippen LogP contribution in [0.15, 0.2) is 41.9 Å². The largest absolute Gasteiger partial charge is 0.393 e. The molecule has 0 bridgehead atoms. The molecule has 6 nitrogen and oxygen atoms in total. The van der Waals surface area contributed by atoms with Crippen molar-refractivity contribution in [2.24, 2.45) is 5.73 Å². The van der Waals surface area contributed by atoms with Gasteiger partial charge >= 0.3 is 11.2 Å². The number of hydrogen-bond donors (Lipinski definition) is 1. The van der Waals surface area contributed by atoms with Crippen molar-refractivity contribution in [2.75, 3.05) is 0 Å². The average molecular weight is 299 g/mol. The highest BCUT2D eigenvalue weighted by molar-refractivity contribution is 7.11. The first-order chi connectivity index (χ1) is 10.2. The van der Waals surface area contributed by atoms with Gasteiger partial charge < -0.3 is 10.5 Å². The summed E-state index contributed by atoms with van der Waals surface area (Å²) < 4.78 is 5.08. The maximum Gasteiger partial charge on any atom is 0.346 e. The summed E-state index contributed by atoms with van der Waals surface area (Å²) in [5.41, 5.74) is 7.11. The highest BCUT2D eigenvalue weighted by atomic mass is 32.1. The van der Waals surface area contributed by atoms with Gasteiger partial charge in [0.15, 0.2) is 0 Å². The summed E-state index contributed by atoms with van der Waals surface area (Å²) in [6.45, 7) is 0. The first kappa shape index (κ1) is 13.2. The minimum Gasteiger partial charge on any atom is -0.393 e. The van der Waals surface area contributed by atoms with Crippen molar-refractivity contribution >= 4 is 34.0 Å². The Morgan fingerprint density at radius 2 is 1.95 bits per heavy atom. The fraction of sp³-hybridized carbons (Fsp3) is 0. The lowest BCUT2D eigenvalue weighted by Crippen LogP contribution is -2.19. The molecule has 0 atom stereocenters. The number of hydrogen-bond acceptors (Lipinski definition) is 6. The Balaban J connectivity index is 2.11. The molecule has 1 amide bonds. The predicted molar refractivity (Wildman–Crippen MR) is 77.3 cm³/mol. The van der Waals surface area contributed by atoms with E-state index in [1.165, 1.54) is 11.6 Å². The Morgan fingerprint density at radius 3 is 2.67 bits per heavy atom. The summed E-state index contributed by atoms with van der Waals surface area (Å²) in [7, 11) is 0. The number of benzene rings is 2. The molecule has 1 aromatic heterocycles.